The normalized spacial score (nSPS) is 29.3. The molecule has 2 fully saturated rings. The van der Waals surface area contributed by atoms with E-state index >= 15 is 0 Å². The molecule has 0 amide bonds. The number of allylic oxidation sites excluding steroid dienone is 1. The number of carbonyl (C=O) groups excluding carboxylic acids is 1. The van der Waals surface area contributed by atoms with E-state index in [4.69, 9.17) is 23.2 Å². The molecule has 1 saturated carbocycles. The molecule has 0 spiro atoms. The van der Waals surface area contributed by atoms with Crippen molar-refractivity contribution in [2.24, 2.45) is 11.8 Å². The van der Waals surface area contributed by atoms with Gasteiger partial charge in [-0.1, -0.05) is 23.2 Å². The zero-order valence-electron chi connectivity index (χ0n) is 15.8. The Morgan fingerprint density at radius 3 is 2.55 bits per heavy atom. The van der Waals surface area contributed by atoms with Crippen LogP contribution >= 0.6 is 23.2 Å². The topological polar surface area (TPSA) is 94.9 Å². The molecule has 0 radical (unpaired) electrons. The quantitative estimate of drug-likeness (QED) is 0.671. The molecule has 6 nitrogen and oxygen atoms in total. The van der Waals surface area contributed by atoms with Crippen LogP contribution in [0.1, 0.15) is 35.2 Å². The van der Waals surface area contributed by atoms with Crippen molar-refractivity contribution in [3.05, 3.63) is 44.6 Å². The summed E-state index contributed by atoms with van der Waals surface area (Å²) in [5.41, 5.74) is 0.785. The van der Waals surface area contributed by atoms with Crippen molar-refractivity contribution in [1.82, 2.24) is 4.90 Å². The van der Waals surface area contributed by atoms with Gasteiger partial charge in [-0.05, 0) is 37.3 Å². The molecule has 2 bridgehead atoms. The SMILES string of the molecule is O=C(C1=C(O)C2CCC(C2)C1O)c1ccc(Cl)c(CN2CCS(=O)(=O)CC2)c1Cl. The minimum Gasteiger partial charge on any atom is -0.511 e. The maximum Gasteiger partial charge on any atom is 0.196 e. The summed E-state index contributed by atoms with van der Waals surface area (Å²) in [5.74, 6) is -0.438. The van der Waals surface area contributed by atoms with Crippen LogP contribution in [0.4, 0.5) is 0 Å². The summed E-state index contributed by atoms with van der Waals surface area (Å²) in [7, 11) is -3.00. The minimum atomic E-state index is -3.00. The number of aliphatic hydroxyl groups excluding tert-OH is 2. The molecule has 1 saturated heterocycles. The van der Waals surface area contributed by atoms with E-state index in [0.29, 0.717) is 36.6 Å². The van der Waals surface area contributed by atoms with E-state index in [0.717, 1.165) is 12.8 Å². The van der Waals surface area contributed by atoms with Crippen LogP contribution in [-0.2, 0) is 16.4 Å². The smallest absolute Gasteiger partial charge is 0.196 e. The predicted molar refractivity (Wildman–Crippen MR) is 111 cm³/mol. The van der Waals surface area contributed by atoms with Gasteiger partial charge < -0.3 is 10.2 Å². The van der Waals surface area contributed by atoms with Crippen molar-refractivity contribution >= 4 is 38.8 Å². The molecule has 0 aromatic heterocycles. The summed E-state index contributed by atoms with van der Waals surface area (Å²) in [5, 5.41) is 21.7. The first kappa shape index (κ1) is 21.1. The second kappa shape index (κ2) is 7.85. The van der Waals surface area contributed by atoms with Gasteiger partial charge in [-0.25, -0.2) is 8.42 Å². The van der Waals surface area contributed by atoms with Gasteiger partial charge in [0.25, 0.3) is 0 Å². The largest absolute Gasteiger partial charge is 0.511 e. The van der Waals surface area contributed by atoms with E-state index < -0.39 is 21.7 Å². The summed E-state index contributed by atoms with van der Waals surface area (Å²) in [4.78, 5) is 15.1. The Bertz CT molecular complexity index is 977. The molecule has 1 aliphatic heterocycles. The van der Waals surface area contributed by atoms with Crippen LogP contribution in [0.3, 0.4) is 0 Å². The molecular weight excluding hydrogens is 437 g/mol. The highest BCUT2D eigenvalue weighted by atomic mass is 35.5. The number of hydrogen-bond donors (Lipinski definition) is 2. The van der Waals surface area contributed by atoms with E-state index in [-0.39, 0.29) is 45.3 Å². The predicted octanol–water partition coefficient (Wildman–Crippen LogP) is 3.01. The summed E-state index contributed by atoms with van der Waals surface area (Å²) < 4.78 is 23.3. The zero-order chi connectivity index (χ0) is 20.9. The van der Waals surface area contributed by atoms with Crippen LogP contribution in [-0.4, -0.2) is 60.0 Å². The molecule has 4 rings (SSSR count). The standard InChI is InChI=1S/C20H23Cl2NO5S/c21-15-4-3-13(17(22)14(15)10-23-5-7-29(27,28)8-6-23)20(26)16-18(24)11-1-2-12(9-11)19(16)25/h3-4,11-12,18,24-25H,1-2,5-10H2. The van der Waals surface area contributed by atoms with Crippen LogP contribution in [0.5, 0.6) is 0 Å². The lowest BCUT2D eigenvalue weighted by Crippen LogP contribution is -2.39. The fourth-order valence-corrected chi connectivity index (χ4v) is 6.46. The van der Waals surface area contributed by atoms with Crippen LogP contribution in [0.2, 0.25) is 10.0 Å². The maximum atomic E-state index is 13.2. The van der Waals surface area contributed by atoms with Crippen molar-refractivity contribution in [3.8, 4) is 0 Å². The summed E-state index contributed by atoms with van der Waals surface area (Å²) in [6.07, 6.45) is 1.25. The fourth-order valence-electron chi connectivity index (χ4n) is 4.60. The Morgan fingerprint density at radius 2 is 1.86 bits per heavy atom. The third-order valence-electron chi connectivity index (χ3n) is 6.37. The van der Waals surface area contributed by atoms with Crippen LogP contribution in [0.15, 0.2) is 23.5 Å². The number of nitrogens with zero attached hydrogens (tertiary/aromatic N) is 1. The molecule has 1 aromatic carbocycles. The van der Waals surface area contributed by atoms with Crippen molar-refractivity contribution < 1.29 is 23.4 Å². The molecule has 3 atom stereocenters. The monoisotopic (exact) mass is 459 g/mol. The number of carbonyl (C=O) groups is 1. The maximum absolute atomic E-state index is 13.2. The van der Waals surface area contributed by atoms with Gasteiger partial charge in [0, 0.05) is 41.7 Å². The molecular formula is C20H23Cl2NO5S. The van der Waals surface area contributed by atoms with Gasteiger partial charge in [-0.2, -0.15) is 0 Å². The van der Waals surface area contributed by atoms with Crippen molar-refractivity contribution in [1.29, 1.82) is 0 Å². The molecule has 1 aromatic rings. The molecule has 1 heterocycles. The number of hydrogen-bond acceptors (Lipinski definition) is 6. The van der Waals surface area contributed by atoms with E-state index in [1.807, 2.05) is 4.90 Å². The lowest BCUT2D eigenvalue weighted by molar-refractivity contribution is 0.0868. The van der Waals surface area contributed by atoms with Crippen LogP contribution in [0.25, 0.3) is 0 Å². The zero-order valence-corrected chi connectivity index (χ0v) is 18.1. The number of ketones is 1. The summed E-state index contributed by atoms with van der Waals surface area (Å²) >= 11 is 12.9. The molecule has 3 aliphatic rings. The third kappa shape index (κ3) is 3.95. The first-order valence-corrected chi connectivity index (χ1v) is 12.3. The van der Waals surface area contributed by atoms with Crippen molar-refractivity contribution in [3.63, 3.8) is 0 Å². The summed E-state index contributed by atoms with van der Waals surface area (Å²) in [6.45, 7) is 1.08. The number of halogens is 2. The van der Waals surface area contributed by atoms with Gasteiger partial charge in [0.15, 0.2) is 15.6 Å². The second-order valence-corrected chi connectivity index (χ2v) is 11.2. The summed E-state index contributed by atoms with van der Waals surface area (Å²) in [6, 6.07) is 3.10. The number of rotatable bonds is 4. The Kier molecular flexibility index (Phi) is 5.72. The van der Waals surface area contributed by atoms with Gasteiger partial charge in [0.2, 0.25) is 0 Å². The fraction of sp³-hybridized carbons (Fsp3) is 0.550. The van der Waals surface area contributed by atoms with E-state index in [1.165, 1.54) is 6.07 Å². The number of benzene rings is 1. The Morgan fingerprint density at radius 1 is 1.17 bits per heavy atom. The molecule has 29 heavy (non-hydrogen) atoms. The number of aliphatic hydroxyl groups is 2. The highest BCUT2D eigenvalue weighted by molar-refractivity contribution is 7.91. The van der Waals surface area contributed by atoms with Gasteiger partial charge in [-0.15, -0.1) is 0 Å². The molecule has 3 unspecified atom stereocenters. The van der Waals surface area contributed by atoms with Crippen LogP contribution in [0, 0.1) is 11.8 Å². The van der Waals surface area contributed by atoms with Gasteiger partial charge >= 0.3 is 0 Å². The lowest BCUT2D eigenvalue weighted by atomic mass is 9.82. The van der Waals surface area contributed by atoms with Crippen molar-refractivity contribution in [2.45, 2.75) is 31.9 Å². The van der Waals surface area contributed by atoms with Gasteiger partial charge in [0.1, 0.15) is 5.76 Å². The Balaban J connectivity index is 1.63. The highest BCUT2D eigenvalue weighted by Crippen LogP contribution is 2.45. The number of Topliss-reactive ketones (excluding diaryl/α,β-unsaturated/α-hetero) is 1. The van der Waals surface area contributed by atoms with Crippen molar-refractivity contribution in [2.75, 3.05) is 24.6 Å². The average Bonchev–Trinajstić information content (AvgIpc) is 3.12. The Labute approximate surface area is 180 Å². The molecule has 2 N–H and O–H groups in total. The van der Waals surface area contributed by atoms with E-state index in [9.17, 15) is 23.4 Å². The molecule has 158 valence electrons. The molecule has 2 aliphatic carbocycles. The van der Waals surface area contributed by atoms with E-state index in [1.54, 1.807) is 6.07 Å². The first-order chi connectivity index (χ1) is 13.7. The lowest BCUT2D eigenvalue weighted by Gasteiger charge is -2.29. The third-order valence-corrected chi connectivity index (χ3v) is 8.77. The first-order valence-electron chi connectivity index (χ1n) is 9.73. The average molecular weight is 460 g/mol. The highest BCUT2D eigenvalue weighted by Gasteiger charge is 2.43. The van der Waals surface area contributed by atoms with E-state index in [2.05, 4.69) is 0 Å². The van der Waals surface area contributed by atoms with Gasteiger partial charge in [-0.3, -0.25) is 9.69 Å². The number of fused-ring (bicyclic) bond motifs is 2. The second-order valence-electron chi connectivity index (χ2n) is 8.16. The Hall–Kier alpha value is -1.12. The number of sulfone groups is 1. The molecule has 9 heteroatoms. The van der Waals surface area contributed by atoms with Crippen LogP contribution < -0.4 is 0 Å². The van der Waals surface area contributed by atoms with Gasteiger partial charge in [0.05, 0.1) is 28.2 Å². The minimum absolute atomic E-state index is 0.0179.